The third-order valence-electron chi connectivity index (χ3n) is 10.4. The smallest absolute Gasteiger partial charge is 0.261 e. The number of halogens is 1. The first kappa shape index (κ1) is 30.8. The molecule has 3 aliphatic rings. The van der Waals surface area contributed by atoms with Crippen LogP contribution < -0.4 is 10.2 Å². The second-order valence-corrected chi connectivity index (χ2v) is 13.2. The lowest BCUT2D eigenvalue weighted by Gasteiger charge is -2.42. The van der Waals surface area contributed by atoms with E-state index in [0.717, 1.165) is 87.4 Å². The maximum atomic E-state index is 15.8. The average molecular weight is 630 g/mol. The Bertz CT molecular complexity index is 1710. The Morgan fingerprint density at radius 1 is 0.957 bits per heavy atom. The van der Waals surface area contributed by atoms with Crippen molar-refractivity contribution in [2.24, 2.45) is 7.05 Å². The maximum Gasteiger partial charge on any atom is 0.261 e. The van der Waals surface area contributed by atoms with Crippen LogP contribution in [0, 0.1) is 12.7 Å². The minimum absolute atomic E-state index is 0.0600. The number of carbonyl (C=O) groups is 1. The molecule has 0 bridgehead atoms. The number of rotatable bonds is 6. The van der Waals surface area contributed by atoms with Crippen LogP contribution >= 0.6 is 0 Å². The molecule has 46 heavy (non-hydrogen) atoms. The van der Waals surface area contributed by atoms with Crippen LogP contribution in [0.5, 0.6) is 0 Å². The average Bonchev–Trinajstić information content (AvgIpc) is 3.59. The van der Waals surface area contributed by atoms with Crippen LogP contribution in [0.25, 0.3) is 22.3 Å². The Labute approximate surface area is 269 Å². The van der Waals surface area contributed by atoms with Gasteiger partial charge in [-0.15, -0.1) is 0 Å². The number of nitrogens with one attached hydrogen (secondary N) is 1. The van der Waals surface area contributed by atoms with Crippen LogP contribution in [0.3, 0.4) is 0 Å². The number of piperidine rings is 1. The van der Waals surface area contributed by atoms with Crippen LogP contribution in [-0.2, 0) is 7.05 Å². The minimum atomic E-state index is -0.693. The van der Waals surface area contributed by atoms with Gasteiger partial charge >= 0.3 is 0 Å². The number of amides is 1. The molecule has 2 aliphatic heterocycles. The van der Waals surface area contributed by atoms with Gasteiger partial charge in [0.2, 0.25) is 5.95 Å². The molecular weight excluding hydrogens is 585 g/mol. The van der Waals surface area contributed by atoms with E-state index in [9.17, 15) is 9.90 Å². The van der Waals surface area contributed by atoms with E-state index in [-0.39, 0.29) is 23.4 Å². The van der Waals surface area contributed by atoms with Crippen LogP contribution in [0.15, 0.2) is 36.7 Å². The third kappa shape index (κ3) is 5.89. The molecule has 1 saturated carbocycles. The lowest BCUT2D eigenvalue weighted by atomic mass is 9.93. The fraction of sp³-hybridized carbons (Fsp3) is 0.529. The lowest BCUT2D eigenvalue weighted by Crippen LogP contribution is -2.52. The number of likely N-dealkylation sites (N-methyl/N-ethyl adjacent to an activating group) is 1. The Morgan fingerprint density at radius 2 is 1.70 bits per heavy atom. The first-order valence-corrected chi connectivity index (χ1v) is 16.6. The Hall–Kier alpha value is -3.87. The summed E-state index contributed by atoms with van der Waals surface area (Å²) in [5.74, 6) is -0.884. The molecule has 0 unspecified atom stereocenters. The van der Waals surface area contributed by atoms with Crippen molar-refractivity contribution < 1.29 is 14.3 Å². The van der Waals surface area contributed by atoms with E-state index >= 15 is 4.39 Å². The van der Waals surface area contributed by atoms with Gasteiger partial charge in [-0.3, -0.25) is 24.7 Å². The molecule has 1 aromatic carbocycles. The van der Waals surface area contributed by atoms with E-state index in [1.165, 1.54) is 12.3 Å². The summed E-state index contributed by atoms with van der Waals surface area (Å²) in [5, 5.41) is 17.4. The highest BCUT2D eigenvalue weighted by Crippen LogP contribution is 2.36. The Morgan fingerprint density at radius 3 is 2.39 bits per heavy atom. The normalized spacial score (nSPS) is 22.1. The molecule has 4 aromatic rings. The van der Waals surface area contributed by atoms with Crippen molar-refractivity contribution in [2.45, 2.75) is 63.6 Å². The number of hydrogen-bond acceptors (Lipinski definition) is 8. The molecule has 5 heterocycles. The SMILES string of the molecule is Cc1c(-c2nccc(C(=O)Nc3nc4cc(N5CCC(N6CCN(C)CC6)CC5)ccc4n3C3CCC(O)CC3)c2F)cnn1C. The molecule has 0 atom stereocenters. The molecule has 0 spiro atoms. The number of benzene rings is 1. The maximum absolute atomic E-state index is 15.8. The highest BCUT2D eigenvalue weighted by molar-refractivity contribution is 6.05. The number of fused-ring (bicyclic) bond motifs is 1. The van der Waals surface area contributed by atoms with Gasteiger partial charge in [-0.05, 0) is 76.8 Å². The molecule has 3 aromatic heterocycles. The molecule has 3 fully saturated rings. The topological polar surface area (TPSA) is 108 Å². The van der Waals surface area contributed by atoms with Gasteiger partial charge in [0.05, 0.1) is 28.9 Å². The van der Waals surface area contributed by atoms with Crippen molar-refractivity contribution in [3.63, 3.8) is 0 Å². The molecule has 11 nitrogen and oxygen atoms in total. The molecule has 2 N–H and O–H groups in total. The van der Waals surface area contributed by atoms with Crippen molar-refractivity contribution in [3.05, 3.63) is 53.7 Å². The summed E-state index contributed by atoms with van der Waals surface area (Å²) >= 11 is 0. The molecule has 12 heteroatoms. The number of aryl methyl sites for hydroxylation is 1. The monoisotopic (exact) mass is 629 g/mol. The van der Waals surface area contributed by atoms with Crippen LogP contribution in [0.4, 0.5) is 16.0 Å². The van der Waals surface area contributed by atoms with Crippen molar-refractivity contribution in [2.75, 3.05) is 56.5 Å². The number of aromatic nitrogens is 5. The van der Waals surface area contributed by atoms with Crippen LogP contribution in [-0.4, -0.2) is 104 Å². The summed E-state index contributed by atoms with van der Waals surface area (Å²) in [4.78, 5) is 30.3. The van der Waals surface area contributed by atoms with Gasteiger partial charge in [-0.1, -0.05) is 0 Å². The van der Waals surface area contributed by atoms with Gasteiger partial charge in [-0.2, -0.15) is 5.10 Å². The van der Waals surface area contributed by atoms with Gasteiger partial charge in [0, 0.05) is 81.5 Å². The summed E-state index contributed by atoms with van der Waals surface area (Å²) in [6, 6.07) is 8.46. The molecule has 244 valence electrons. The van der Waals surface area contributed by atoms with Gasteiger partial charge in [0.25, 0.3) is 5.91 Å². The fourth-order valence-electron chi connectivity index (χ4n) is 7.44. The number of anilines is 2. The van der Waals surface area contributed by atoms with E-state index in [2.05, 4.69) is 59.9 Å². The van der Waals surface area contributed by atoms with E-state index in [4.69, 9.17) is 4.98 Å². The summed E-state index contributed by atoms with van der Waals surface area (Å²) < 4.78 is 19.5. The largest absolute Gasteiger partial charge is 0.393 e. The van der Waals surface area contributed by atoms with Crippen molar-refractivity contribution in [1.29, 1.82) is 0 Å². The minimum Gasteiger partial charge on any atom is -0.393 e. The first-order chi connectivity index (χ1) is 22.3. The van der Waals surface area contributed by atoms with Gasteiger partial charge in [-0.25, -0.2) is 9.37 Å². The predicted molar refractivity (Wildman–Crippen MR) is 177 cm³/mol. The van der Waals surface area contributed by atoms with Crippen molar-refractivity contribution >= 4 is 28.6 Å². The summed E-state index contributed by atoms with van der Waals surface area (Å²) in [6.07, 6.45) is 7.88. The highest BCUT2D eigenvalue weighted by atomic mass is 19.1. The predicted octanol–water partition coefficient (Wildman–Crippen LogP) is 4.22. The number of aliphatic hydroxyl groups excluding tert-OH is 1. The number of imidazole rings is 1. The number of carbonyl (C=O) groups excluding carboxylic acids is 1. The zero-order valence-electron chi connectivity index (χ0n) is 27.0. The van der Waals surface area contributed by atoms with E-state index in [0.29, 0.717) is 30.4 Å². The standard InChI is InChI=1S/C34H44FN9O2/c1-22-28(21-37-41(22)3)32-31(35)27(10-13-36-32)33(46)39-34-38-29-20-25(6-9-30(29)44(34)24-4-7-26(45)8-5-24)42-14-11-23(12-15-42)43-18-16-40(2)17-19-43/h6,9-10,13,20-21,23-24,26,45H,4-5,7-8,11-12,14-19H2,1-3H3,(H,38,39,46). The zero-order valence-corrected chi connectivity index (χ0v) is 27.0. The van der Waals surface area contributed by atoms with E-state index in [1.54, 1.807) is 17.9 Å². The molecule has 7 rings (SSSR count). The highest BCUT2D eigenvalue weighted by Gasteiger charge is 2.29. The lowest BCUT2D eigenvalue weighted by molar-refractivity contribution is 0.0982. The summed E-state index contributed by atoms with van der Waals surface area (Å²) in [7, 11) is 3.98. The quantitative estimate of drug-likeness (QED) is 0.327. The molecule has 1 aliphatic carbocycles. The number of piperazine rings is 1. The van der Waals surface area contributed by atoms with Gasteiger partial charge in [0.15, 0.2) is 5.82 Å². The third-order valence-corrected chi connectivity index (χ3v) is 10.4. The van der Waals surface area contributed by atoms with Crippen LogP contribution in [0.1, 0.15) is 60.6 Å². The zero-order chi connectivity index (χ0) is 31.9. The number of nitrogens with zero attached hydrogens (tertiary/aromatic N) is 8. The summed E-state index contributed by atoms with van der Waals surface area (Å²) in [6.45, 7) is 8.38. The van der Waals surface area contributed by atoms with Gasteiger partial charge in [0.1, 0.15) is 5.69 Å². The Balaban J connectivity index is 1.15. The molecule has 0 radical (unpaired) electrons. The van der Waals surface area contributed by atoms with E-state index < -0.39 is 11.7 Å². The summed E-state index contributed by atoms with van der Waals surface area (Å²) in [5.41, 5.74) is 4.13. The van der Waals surface area contributed by atoms with Crippen molar-refractivity contribution in [1.82, 2.24) is 34.1 Å². The second-order valence-electron chi connectivity index (χ2n) is 13.2. The first-order valence-electron chi connectivity index (χ1n) is 16.6. The molecule has 1 amide bonds. The van der Waals surface area contributed by atoms with E-state index in [1.807, 2.05) is 6.92 Å². The van der Waals surface area contributed by atoms with Gasteiger partial charge < -0.3 is 19.5 Å². The number of hydrogen-bond donors (Lipinski definition) is 2. The second kappa shape index (κ2) is 12.7. The molecular formula is C34H44FN9O2. The number of pyridine rings is 1. The molecule has 2 saturated heterocycles. The van der Waals surface area contributed by atoms with Crippen molar-refractivity contribution in [3.8, 4) is 11.3 Å². The van der Waals surface area contributed by atoms with Crippen LogP contribution in [0.2, 0.25) is 0 Å². The number of aliphatic hydroxyl groups is 1. The Kier molecular flexibility index (Phi) is 8.51. The fourth-order valence-corrected chi connectivity index (χ4v) is 7.44.